The van der Waals surface area contributed by atoms with E-state index in [1.807, 2.05) is 19.1 Å². The van der Waals surface area contributed by atoms with E-state index >= 15 is 0 Å². The average molecular weight is 266 g/mol. The van der Waals surface area contributed by atoms with Gasteiger partial charge in [0.05, 0.1) is 6.10 Å². The van der Waals surface area contributed by atoms with Crippen molar-refractivity contribution in [3.63, 3.8) is 0 Å². The van der Waals surface area contributed by atoms with Crippen molar-refractivity contribution >= 4 is 0 Å². The van der Waals surface area contributed by atoms with Crippen molar-refractivity contribution in [1.82, 2.24) is 0 Å². The number of hydrogen-bond acceptors (Lipinski definition) is 1. The molecule has 0 bridgehead atoms. The molecule has 0 amide bonds. The van der Waals surface area contributed by atoms with Crippen molar-refractivity contribution in [2.75, 3.05) is 0 Å². The Labute approximate surface area is 120 Å². The monoisotopic (exact) mass is 266 g/mol. The van der Waals surface area contributed by atoms with Gasteiger partial charge < -0.3 is 5.11 Å². The Hall–Kier alpha value is -0.560. The maximum atomic E-state index is 9.13. The van der Waals surface area contributed by atoms with Gasteiger partial charge in [0.25, 0.3) is 0 Å². The fourth-order valence-corrected chi connectivity index (χ4v) is 2.31. The summed E-state index contributed by atoms with van der Waals surface area (Å²) in [5, 5.41) is 9.13. The summed E-state index contributed by atoms with van der Waals surface area (Å²) in [5.41, 5.74) is 0. The van der Waals surface area contributed by atoms with Crippen LogP contribution < -0.4 is 0 Å². The molecule has 0 aromatic heterocycles. The molecule has 0 radical (unpaired) electrons. The third-order valence-corrected chi connectivity index (χ3v) is 3.51. The first-order valence-electron chi connectivity index (χ1n) is 8.23. The highest BCUT2D eigenvalue weighted by atomic mass is 16.3. The molecule has 0 saturated carbocycles. The molecule has 0 aromatic rings. The van der Waals surface area contributed by atoms with Gasteiger partial charge >= 0.3 is 0 Å². The van der Waals surface area contributed by atoms with Crippen molar-refractivity contribution in [3.05, 3.63) is 24.8 Å². The van der Waals surface area contributed by atoms with Crippen LogP contribution in [0.4, 0.5) is 0 Å². The SMILES string of the molecule is C=C/C=C/CCCCCCCCCCCCC(C)O. The molecule has 0 rings (SSSR count). The largest absolute Gasteiger partial charge is 0.393 e. The van der Waals surface area contributed by atoms with Crippen LogP contribution in [0.5, 0.6) is 0 Å². The first kappa shape index (κ1) is 18.4. The Morgan fingerprint density at radius 3 is 1.79 bits per heavy atom. The Morgan fingerprint density at radius 1 is 0.842 bits per heavy atom. The molecule has 1 heteroatoms. The molecule has 19 heavy (non-hydrogen) atoms. The zero-order valence-corrected chi connectivity index (χ0v) is 12.9. The molecule has 0 aliphatic rings. The van der Waals surface area contributed by atoms with Crippen molar-refractivity contribution in [2.45, 2.75) is 90.1 Å². The zero-order valence-electron chi connectivity index (χ0n) is 12.9. The molecule has 112 valence electrons. The Balaban J connectivity index is 2.99. The Morgan fingerprint density at radius 2 is 1.32 bits per heavy atom. The molecule has 0 heterocycles. The first-order valence-corrected chi connectivity index (χ1v) is 8.23. The van der Waals surface area contributed by atoms with E-state index in [9.17, 15) is 0 Å². The lowest BCUT2D eigenvalue weighted by atomic mass is 10.0. The minimum atomic E-state index is -0.110. The van der Waals surface area contributed by atoms with Crippen LogP contribution in [0.25, 0.3) is 0 Å². The summed E-state index contributed by atoms with van der Waals surface area (Å²) in [6, 6.07) is 0. The number of aliphatic hydroxyl groups is 1. The van der Waals surface area contributed by atoms with Crippen molar-refractivity contribution in [3.8, 4) is 0 Å². The summed E-state index contributed by atoms with van der Waals surface area (Å²) in [4.78, 5) is 0. The number of hydrogen-bond donors (Lipinski definition) is 1. The topological polar surface area (TPSA) is 20.2 Å². The molecule has 1 nitrogen and oxygen atoms in total. The molecule has 0 aliphatic heterocycles. The molecule has 1 unspecified atom stereocenters. The molecule has 0 aromatic carbocycles. The lowest BCUT2D eigenvalue weighted by Gasteiger charge is -2.04. The second-order valence-corrected chi connectivity index (χ2v) is 5.63. The van der Waals surface area contributed by atoms with E-state index in [4.69, 9.17) is 5.11 Å². The first-order chi connectivity index (χ1) is 9.27. The molecule has 1 atom stereocenters. The Bertz CT molecular complexity index is 206. The van der Waals surface area contributed by atoms with Crippen LogP contribution in [-0.2, 0) is 0 Å². The maximum Gasteiger partial charge on any atom is 0.0512 e. The van der Waals surface area contributed by atoms with Gasteiger partial charge in [-0.3, -0.25) is 0 Å². The molecule has 0 aliphatic carbocycles. The average Bonchev–Trinajstić information content (AvgIpc) is 2.39. The van der Waals surface area contributed by atoms with Gasteiger partial charge in [-0.2, -0.15) is 0 Å². The summed E-state index contributed by atoms with van der Waals surface area (Å²) in [6.07, 6.45) is 21.7. The molecule has 1 N–H and O–H groups in total. The van der Waals surface area contributed by atoms with E-state index in [0.29, 0.717) is 0 Å². The predicted octanol–water partition coefficient (Wildman–Crippen LogP) is 5.79. The summed E-state index contributed by atoms with van der Waals surface area (Å²) in [5.74, 6) is 0. The number of unbranched alkanes of at least 4 members (excludes halogenated alkanes) is 10. The summed E-state index contributed by atoms with van der Waals surface area (Å²) < 4.78 is 0. The van der Waals surface area contributed by atoms with Gasteiger partial charge in [0.1, 0.15) is 0 Å². The van der Waals surface area contributed by atoms with Gasteiger partial charge in [-0.25, -0.2) is 0 Å². The summed E-state index contributed by atoms with van der Waals surface area (Å²) in [7, 11) is 0. The highest BCUT2D eigenvalue weighted by molar-refractivity contribution is 4.96. The van der Waals surface area contributed by atoms with E-state index in [-0.39, 0.29) is 6.10 Å². The molecule has 0 saturated heterocycles. The van der Waals surface area contributed by atoms with Crippen LogP contribution in [-0.4, -0.2) is 11.2 Å². The van der Waals surface area contributed by atoms with E-state index in [2.05, 4.69) is 12.7 Å². The standard InChI is InChI=1S/C18H34O/c1-3-4-5-6-7-8-9-10-11-12-13-14-15-16-17-18(2)19/h3-5,18-19H,1,6-17H2,2H3/b5-4+. The van der Waals surface area contributed by atoms with Crippen LogP contribution in [0.3, 0.4) is 0 Å². The lowest BCUT2D eigenvalue weighted by Crippen LogP contribution is -1.98. The van der Waals surface area contributed by atoms with Crippen LogP contribution >= 0.6 is 0 Å². The highest BCUT2D eigenvalue weighted by Crippen LogP contribution is 2.12. The van der Waals surface area contributed by atoms with E-state index in [0.717, 1.165) is 6.42 Å². The highest BCUT2D eigenvalue weighted by Gasteiger charge is 1.96. The fraction of sp³-hybridized carbons (Fsp3) is 0.778. The number of rotatable bonds is 14. The normalized spacial score (nSPS) is 12.9. The third kappa shape index (κ3) is 17.4. The Kier molecular flexibility index (Phi) is 15.0. The van der Waals surface area contributed by atoms with E-state index in [1.54, 1.807) is 0 Å². The second-order valence-electron chi connectivity index (χ2n) is 5.63. The fourth-order valence-electron chi connectivity index (χ4n) is 2.31. The predicted molar refractivity (Wildman–Crippen MR) is 86.4 cm³/mol. The van der Waals surface area contributed by atoms with Gasteiger partial charge in [-0.05, 0) is 26.2 Å². The van der Waals surface area contributed by atoms with Gasteiger partial charge in [0.15, 0.2) is 0 Å². The third-order valence-electron chi connectivity index (χ3n) is 3.51. The van der Waals surface area contributed by atoms with Gasteiger partial charge in [-0.1, -0.05) is 82.6 Å². The van der Waals surface area contributed by atoms with Crippen molar-refractivity contribution < 1.29 is 5.11 Å². The molecular formula is C18H34O. The summed E-state index contributed by atoms with van der Waals surface area (Å²) >= 11 is 0. The van der Waals surface area contributed by atoms with Crippen LogP contribution in [0.15, 0.2) is 24.8 Å². The van der Waals surface area contributed by atoms with Crippen LogP contribution in [0, 0.1) is 0 Å². The maximum absolute atomic E-state index is 9.13. The molecule has 0 spiro atoms. The van der Waals surface area contributed by atoms with Gasteiger partial charge in [0.2, 0.25) is 0 Å². The minimum Gasteiger partial charge on any atom is -0.393 e. The second kappa shape index (κ2) is 15.5. The number of allylic oxidation sites excluding steroid dienone is 3. The van der Waals surface area contributed by atoms with Crippen LogP contribution in [0.2, 0.25) is 0 Å². The smallest absolute Gasteiger partial charge is 0.0512 e. The molecule has 0 fully saturated rings. The van der Waals surface area contributed by atoms with E-state index in [1.165, 1.54) is 70.6 Å². The molecular weight excluding hydrogens is 232 g/mol. The quantitative estimate of drug-likeness (QED) is 0.311. The van der Waals surface area contributed by atoms with Gasteiger partial charge in [0, 0.05) is 0 Å². The minimum absolute atomic E-state index is 0.110. The van der Waals surface area contributed by atoms with Crippen LogP contribution in [0.1, 0.15) is 84.0 Å². The van der Waals surface area contributed by atoms with Crippen molar-refractivity contribution in [2.24, 2.45) is 0 Å². The lowest BCUT2D eigenvalue weighted by molar-refractivity contribution is 0.180. The van der Waals surface area contributed by atoms with Crippen molar-refractivity contribution in [1.29, 1.82) is 0 Å². The summed E-state index contributed by atoms with van der Waals surface area (Å²) in [6.45, 7) is 5.55. The van der Waals surface area contributed by atoms with E-state index < -0.39 is 0 Å². The van der Waals surface area contributed by atoms with Gasteiger partial charge in [-0.15, -0.1) is 0 Å². The number of aliphatic hydroxyl groups excluding tert-OH is 1. The zero-order chi connectivity index (χ0) is 14.2.